The van der Waals surface area contributed by atoms with Gasteiger partial charge in [0.25, 0.3) is 11.6 Å². The Labute approximate surface area is 207 Å². The zero-order valence-electron chi connectivity index (χ0n) is 20.1. The number of nitro benzene ring substituents is 1. The van der Waals surface area contributed by atoms with Crippen molar-refractivity contribution >= 4 is 38.8 Å². The van der Waals surface area contributed by atoms with E-state index in [9.17, 15) is 14.9 Å². The monoisotopic (exact) mass is 498 g/mol. The minimum absolute atomic E-state index is 0.0603. The SMILES string of the molecule is CCOCCn1c(=NC(=O)c2ccc(N3CCCCC3)c([N+](=O)[O-])c2)sc2cc(OCC)ccc21. The number of hydrogen-bond donors (Lipinski definition) is 0. The molecule has 0 spiro atoms. The normalized spacial score (nSPS) is 14.5. The number of amides is 1. The van der Waals surface area contributed by atoms with Gasteiger partial charge in [-0.25, -0.2) is 0 Å². The van der Waals surface area contributed by atoms with E-state index in [2.05, 4.69) is 4.99 Å². The lowest BCUT2D eigenvalue weighted by Gasteiger charge is -2.28. The van der Waals surface area contributed by atoms with Crippen LogP contribution in [0, 0.1) is 10.1 Å². The molecule has 0 atom stereocenters. The number of aromatic nitrogens is 1. The van der Waals surface area contributed by atoms with Gasteiger partial charge in [0.05, 0.1) is 28.4 Å². The zero-order valence-corrected chi connectivity index (χ0v) is 20.9. The van der Waals surface area contributed by atoms with E-state index in [1.54, 1.807) is 12.1 Å². The van der Waals surface area contributed by atoms with Gasteiger partial charge >= 0.3 is 0 Å². The number of thiazole rings is 1. The maximum Gasteiger partial charge on any atom is 0.293 e. The molecule has 0 N–H and O–H groups in total. The number of carbonyl (C=O) groups is 1. The predicted octanol–water partition coefficient (Wildman–Crippen LogP) is 4.78. The summed E-state index contributed by atoms with van der Waals surface area (Å²) in [4.78, 5) is 31.4. The molecule has 186 valence electrons. The van der Waals surface area contributed by atoms with Crippen LogP contribution in [0.1, 0.15) is 43.5 Å². The van der Waals surface area contributed by atoms with E-state index in [4.69, 9.17) is 9.47 Å². The number of nitrogens with zero attached hydrogens (tertiary/aromatic N) is 4. The number of carbonyl (C=O) groups excluding carboxylic acids is 1. The van der Waals surface area contributed by atoms with E-state index in [0.29, 0.717) is 36.9 Å². The Morgan fingerprint density at radius 3 is 2.63 bits per heavy atom. The Kier molecular flexibility index (Phi) is 8.14. The number of ether oxygens (including phenoxy) is 2. The first-order valence-electron chi connectivity index (χ1n) is 12.0. The van der Waals surface area contributed by atoms with Crippen molar-refractivity contribution in [3.63, 3.8) is 0 Å². The molecule has 0 saturated carbocycles. The number of nitro groups is 1. The lowest BCUT2D eigenvalue weighted by atomic mass is 10.1. The van der Waals surface area contributed by atoms with Gasteiger partial charge in [-0.2, -0.15) is 4.99 Å². The Balaban J connectivity index is 1.72. The minimum atomic E-state index is -0.514. The van der Waals surface area contributed by atoms with Crippen LogP contribution < -0.4 is 14.4 Å². The number of hydrogen-bond acceptors (Lipinski definition) is 7. The lowest BCUT2D eigenvalue weighted by molar-refractivity contribution is -0.384. The molecule has 4 rings (SSSR count). The van der Waals surface area contributed by atoms with Crippen molar-refractivity contribution in [2.45, 2.75) is 39.7 Å². The minimum Gasteiger partial charge on any atom is -0.494 e. The topological polar surface area (TPSA) is 99.2 Å². The van der Waals surface area contributed by atoms with Gasteiger partial charge in [0.15, 0.2) is 4.80 Å². The van der Waals surface area contributed by atoms with Crippen LogP contribution in [0.3, 0.4) is 0 Å². The number of fused-ring (bicyclic) bond motifs is 1. The number of anilines is 1. The third-order valence-corrected chi connectivity index (χ3v) is 6.98. The van der Waals surface area contributed by atoms with Gasteiger partial charge in [0.1, 0.15) is 11.4 Å². The summed E-state index contributed by atoms with van der Waals surface area (Å²) in [6.07, 6.45) is 3.14. The van der Waals surface area contributed by atoms with Crippen molar-refractivity contribution in [2.24, 2.45) is 4.99 Å². The maximum absolute atomic E-state index is 13.1. The highest BCUT2D eigenvalue weighted by Gasteiger charge is 2.23. The fourth-order valence-corrected chi connectivity index (χ4v) is 5.35. The van der Waals surface area contributed by atoms with Gasteiger partial charge in [-0.3, -0.25) is 14.9 Å². The van der Waals surface area contributed by atoms with Crippen LogP contribution in [0.2, 0.25) is 0 Å². The summed E-state index contributed by atoms with van der Waals surface area (Å²) < 4.78 is 14.0. The van der Waals surface area contributed by atoms with Crippen molar-refractivity contribution in [3.8, 4) is 5.75 Å². The molecular formula is C25H30N4O5S. The molecule has 1 saturated heterocycles. The van der Waals surface area contributed by atoms with Crippen molar-refractivity contribution in [3.05, 3.63) is 56.9 Å². The number of benzene rings is 2. The van der Waals surface area contributed by atoms with Crippen LogP contribution in [-0.2, 0) is 11.3 Å². The van der Waals surface area contributed by atoms with Gasteiger partial charge < -0.3 is 18.9 Å². The average Bonchev–Trinajstić information content (AvgIpc) is 3.20. The van der Waals surface area contributed by atoms with Gasteiger partial charge in [-0.15, -0.1) is 0 Å². The molecule has 1 fully saturated rings. The standard InChI is InChI=1S/C25H30N4O5S/c1-3-33-15-14-28-21-11-9-19(34-4-2)17-23(21)35-25(28)26-24(30)18-8-10-20(22(16-18)29(31)32)27-12-6-5-7-13-27/h8-11,16-17H,3-7,12-15H2,1-2H3. The van der Waals surface area contributed by atoms with Crippen LogP contribution in [0.4, 0.5) is 11.4 Å². The van der Waals surface area contributed by atoms with E-state index >= 15 is 0 Å². The van der Waals surface area contributed by atoms with E-state index in [1.165, 1.54) is 17.4 Å². The fraction of sp³-hybridized carbons (Fsp3) is 0.440. The molecule has 1 aliphatic rings. The lowest BCUT2D eigenvalue weighted by Crippen LogP contribution is -2.30. The highest BCUT2D eigenvalue weighted by Crippen LogP contribution is 2.31. The third-order valence-electron chi connectivity index (χ3n) is 5.94. The molecule has 0 unspecified atom stereocenters. The first-order chi connectivity index (χ1) is 17.0. The highest BCUT2D eigenvalue weighted by atomic mass is 32.1. The Hall–Kier alpha value is -3.24. The average molecular weight is 499 g/mol. The van der Waals surface area contributed by atoms with Gasteiger partial charge in [0.2, 0.25) is 0 Å². The largest absolute Gasteiger partial charge is 0.494 e. The second-order valence-electron chi connectivity index (χ2n) is 8.22. The first-order valence-corrected chi connectivity index (χ1v) is 12.8. The molecule has 10 heteroatoms. The van der Waals surface area contributed by atoms with Crippen molar-refractivity contribution in [1.29, 1.82) is 0 Å². The molecule has 0 radical (unpaired) electrons. The summed E-state index contributed by atoms with van der Waals surface area (Å²) >= 11 is 1.38. The summed E-state index contributed by atoms with van der Waals surface area (Å²) in [5.41, 5.74) is 1.62. The maximum atomic E-state index is 13.1. The molecule has 1 aliphatic heterocycles. The van der Waals surface area contributed by atoms with Gasteiger partial charge in [-0.05, 0) is 63.4 Å². The van der Waals surface area contributed by atoms with Crippen LogP contribution in [0.25, 0.3) is 10.2 Å². The molecular weight excluding hydrogens is 468 g/mol. The summed E-state index contributed by atoms with van der Waals surface area (Å²) in [6.45, 7) is 7.58. The molecule has 3 aromatic rings. The Bertz CT molecular complexity index is 1280. The highest BCUT2D eigenvalue weighted by molar-refractivity contribution is 7.16. The molecule has 2 heterocycles. The summed E-state index contributed by atoms with van der Waals surface area (Å²) in [5, 5.41) is 11.8. The molecule has 0 aliphatic carbocycles. The molecule has 35 heavy (non-hydrogen) atoms. The molecule has 2 aromatic carbocycles. The summed E-state index contributed by atoms with van der Waals surface area (Å²) in [5.74, 6) is 0.236. The zero-order chi connectivity index (χ0) is 24.8. The summed E-state index contributed by atoms with van der Waals surface area (Å²) in [7, 11) is 0. The quantitative estimate of drug-likeness (QED) is 0.239. The predicted molar refractivity (Wildman–Crippen MR) is 137 cm³/mol. The summed E-state index contributed by atoms with van der Waals surface area (Å²) in [6, 6.07) is 10.4. The molecule has 9 nitrogen and oxygen atoms in total. The number of piperidine rings is 1. The van der Waals surface area contributed by atoms with Crippen molar-refractivity contribution in [2.75, 3.05) is 37.8 Å². The van der Waals surface area contributed by atoms with Gasteiger partial charge in [-0.1, -0.05) is 11.3 Å². The van der Waals surface area contributed by atoms with Crippen LogP contribution >= 0.6 is 11.3 Å². The Morgan fingerprint density at radius 1 is 1.11 bits per heavy atom. The van der Waals surface area contributed by atoms with E-state index in [1.807, 2.05) is 41.5 Å². The van der Waals surface area contributed by atoms with E-state index in [-0.39, 0.29) is 11.3 Å². The third kappa shape index (κ3) is 5.71. The van der Waals surface area contributed by atoms with E-state index in [0.717, 1.165) is 48.3 Å². The van der Waals surface area contributed by atoms with Crippen LogP contribution in [0.5, 0.6) is 5.75 Å². The Morgan fingerprint density at radius 2 is 1.91 bits per heavy atom. The smallest absolute Gasteiger partial charge is 0.293 e. The van der Waals surface area contributed by atoms with Gasteiger partial charge in [0, 0.05) is 37.9 Å². The van der Waals surface area contributed by atoms with Crippen LogP contribution in [-0.4, -0.2) is 48.3 Å². The van der Waals surface area contributed by atoms with Crippen molar-refractivity contribution in [1.82, 2.24) is 4.57 Å². The van der Waals surface area contributed by atoms with E-state index < -0.39 is 10.8 Å². The fourth-order valence-electron chi connectivity index (χ4n) is 4.27. The van der Waals surface area contributed by atoms with Crippen molar-refractivity contribution < 1.29 is 19.2 Å². The second kappa shape index (κ2) is 11.5. The number of rotatable bonds is 9. The molecule has 1 aromatic heterocycles. The second-order valence-corrected chi connectivity index (χ2v) is 9.23. The van der Waals surface area contributed by atoms with Crippen LogP contribution in [0.15, 0.2) is 41.4 Å². The first kappa shape index (κ1) is 24.9. The molecule has 1 amide bonds. The molecule has 0 bridgehead atoms.